The zero-order chi connectivity index (χ0) is 14.8. The second-order valence-electron chi connectivity index (χ2n) is 5.33. The highest BCUT2D eigenvalue weighted by Gasteiger charge is 2.20. The number of rotatable bonds is 10. The second kappa shape index (κ2) is 11.7. The van der Waals surface area contributed by atoms with Crippen molar-refractivity contribution < 1.29 is 4.74 Å². The van der Waals surface area contributed by atoms with Crippen LogP contribution in [0.4, 0.5) is 0 Å². The highest BCUT2D eigenvalue weighted by molar-refractivity contribution is 14.0. The van der Waals surface area contributed by atoms with Gasteiger partial charge in [-0.25, -0.2) is 0 Å². The summed E-state index contributed by atoms with van der Waals surface area (Å²) in [5, 5.41) is 10.7. The van der Waals surface area contributed by atoms with Crippen LogP contribution in [0.1, 0.15) is 26.2 Å². The minimum atomic E-state index is 0. The van der Waals surface area contributed by atoms with Crippen LogP contribution in [0.2, 0.25) is 0 Å². The van der Waals surface area contributed by atoms with E-state index in [0.29, 0.717) is 0 Å². The summed E-state index contributed by atoms with van der Waals surface area (Å²) in [6, 6.07) is 1.93. The van der Waals surface area contributed by atoms with Gasteiger partial charge in [-0.15, -0.1) is 24.0 Å². The Hall–Kier alpha value is -0.830. The maximum Gasteiger partial charge on any atom is 0.191 e. The van der Waals surface area contributed by atoms with Crippen LogP contribution in [0, 0.1) is 5.92 Å². The molecule has 2 rings (SSSR count). The number of ether oxygens (including phenoxy) is 1. The fourth-order valence-corrected chi connectivity index (χ4v) is 1.96. The Morgan fingerprint density at radius 2 is 2.27 bits per heavy atom. The van der Waals surface area contributed by atoms with E-state index in [1.807, 2.05) is 16.9 Å². The van der Waals surface area contributed by atoms with Gasteiger partial charge in [-0.2, -0.15) is 5.10 Å². The molecule has 1 aromatic rings. The summed E-state index contributed by atoms with van der Waals surface area (Å²) in [4.78, 5) is 4.55. The highest BCUT2D eigenvalue weighted by atomic mass is 127. The predicted molar refractivity (Wildman–Crippen MR) is 99.8 cm³/mol. The van der Waals surface area contributed by atoms with E-state index in [4.69, 9.17) is 4.74 Å². The van der Waals surface area contributed by atoms with Crippen molar-refractivity contribution in [1.82, 2.24) is 20.4 Å². The normalized spacial score (nSPS) is 14.5. The van der Waals surface area contributed by atoms with E-state index < -0.39 is 0 Å². The van der Waals surface area contributed by atoms with E-state index in [2.05, 4.69) is 27.6 Å². The molecule has 0 unspecified atom stereocenters. The van der Waals surface area contributed by atoms with Gasteiger partial charge in [0.25, 0.3) is 0 Å². The van der Waals surface area contributed by atoms with Crippen LogP contribution in [0.5, 0.6) is 0 Å². The topological polar surface area (TPSA) is 63.5 Å². The molecule has 7 heteroatoms. The predicted octanol–water partition coefficient (Wildman–Crippen LogP) is 1.87. The lowest BCUT2D eigenvalue weighted by Crippen LogP contribution is -2.39. The molecule has 6 nitrogen and oxygen atoms in total. The van der Waals surface area contributed by atoms with E-state index in [9.17, 15) is 0 Å². The standard InChI is InChI=1S/C15H27N5O.HI/c1-2-16-15(18-9-11-20-10-3-8-19-20)17-7-4-12-21-13-14-5-6-14;/h3,8,10,14H,2,4-7,9,11-13H2,1H3,(H2,16,17,18);1H. The second-order valence-corrected chi connectivity index (χ2v) is 5.33. The first-order chi connectivity index (χ1) is 10.4. The fraction of sp³-hybridized carbons (Fsp3) is 0.733. The monoisotopic (exact) mass is 421 g/mol. The molecule has 0 spiro atoms. The van der Waals surface area contributed by atoms with Gasteiger partial charge in [0.05, 0.1) is 6.54 Å². The Balaban J connectivity index is 0.00000242. The van der Waals surface area contributed by atoms with Gasteiger partial charge >= 0.3 is 0 Å². The van der Waals surface area contributed by atoms with E-state index in [1.54, 1.807) is 6.20 Å². The quantitative estimate of drug-likeness (QED) is 0.262. The summed E-state index contributed by atoms with van der Waals surface area (Å²) in [6.45, 7) is 7.13. The molecule has 0 bridgehead atoms. The van der Waals surface area contributed by atoms with E-state index in [0.717, 1.165) is 57.7 Å². The van der Waals surface area contributed by atoms with Gasteiger partial charge in [-0.3, -0.25) is 9.67 Å². The van der Waals surface area contributed by atoms with Crippen LogP contribution in [0.15, 0.2) is 23.5 Å². The van der Waals surface area contributed by atoms with Crippen molar-refractivity contribution in [3.05, 3.63) is 18.5 Å². The van der Waals surface area contributed by atoms with Crippen LogP contribution >= 0.6 is 24.0 Å². The number of aromatic nitrogens is 2. The summed E-state index contributed by atoms with van der Waals surface area (Å²) in [5.41, 5.74) is 0. The fourth-order valence-electron chi connectivity index (χ4n) is 1.96. The zero-order valence-electron chi connectivity index (χ0n) is 13.3. The lowest BCUT2D eigenvalue weighted by atomic mass is 10.4. The van der Waals surface area contributed by atoms with Gasteiger partial charge in [0.15, 0.2) is 5.96 Å². The minimum absolute atomic E-state index is 0. The molecule has 0 atom stereocenters. The van der Waals surface area contributed by atoms with Gasteiger partial charge in [0.2, 0.25) is 0 Å². The molecule has 0 aliphatic heterocycles. The molecule has 0 aromatic carbocycles. The van der Waals surface area contributed by atoms with Crippen LogP contribution in [-0.2, 0) is 11.3 Å². The lowest BCUT2D eigenvalue weighted by molar-refractivity contribution is 0.123. The van der Waals surface area contributed by atoms with Crippen molar-refractivity contribution in [3.8, 4) is 0 Å². The molecule has 1 aliphatic rings. The number of aliphatic imine (C=N–C) groups is 1. The highest BCUT2D eigenvalue weighted by Crippen LogP contribution is 2.28. The third-order valence-corrected chi connectivity index (χ3v) is 3.30. The molecule has 1 aromatic heterocycles. The largest absolute Gasteiger partial charge is 0.381 e. The van der Waals surface area contributed by atoms with Crippen LogP contribution in [-0.4, -0.2) is 48.6 Å². The lowest BCUT2D eigenvalue weighted by Gasteiger charge is -2.11. The van der Waals surface area contributed by atoms with Crippen molar-refractivity contribution in [1.29, 1.82) is 0 Å². The van der Waals surface area contributed by atoms with Gasteiger partial charge in [0.1, 0.15) is 0 Å². The molecule has 0 amide bonds. The maximum atomic E-state index is 5.61. The third kappa shape index (κ3) is 8.57. The van der Waals surface area contributed by atoms with Crippen molar-refractivity contribution in [2.75, 3.05) is 32.8 Å². The molecule has 0 saturated heterocycles. The molecular weight excluding hydrogens is 393 g/mol. The smallest absolute Gasteiger partial charge is 0.191 e. The van der Waals surface area contributed by atoms with E-state index in [-0.39, 0.29) is 24.0 Å². The van der Waals surface area contributed by atoms with E-state index >= 15 is 0 Å². The summed E-state index contributed by atoms with van der Waals surface area (Å²) in [6.07, 6.45) is 7.43. The third-order valence-electron chi connectivity index (χ3n) is 3.30. The first-order valence-electron chi connectivity index (χ1n) is 7.96. The van der Waals surface area contributed by atoms with Crippen molar-refractivity contribution >= 4 is 29.9 Å². The molecule has 1 fully saturated rings. The maximum absolute atomic E-state index is 5.61. The molecule has 1 heterocycles. The van der Waals surface area contributed by atoms with Gasteiger partial charge in [-0.05, 0) is 38.2 Å². The molecule has 126 valence electrons. The van der Waals surface area contributed by atoms with Crippen LogP contribution in [0.3, 0.4) is 0 Å². The van der Waals surface area contributed by atoms with Crippen molar-refractivity contribution in [3.63, 3.8) is 0 Å². The Morgan fingerprint density at radius 1 is 1.41 bits per heavy atom. The summed E-state index contributed by atoms with van der Waals surface area (Å²) in [7, 11) is 0. The average molecular weight is 421 g/mol. The molecule has 1 saturated carbocycles. The average Bonchev–Trinajstić information content (AvgIpc) is 3.17. The molecule has 0 radical (unpaired) electrons. The number of nitrogens with one attached hydrogen (secondary N) is 2. The summed E-state index contributed by atoms with van der Waals surface area (Å²) >= 11 is 0. The number of nitrogens with zero attached hydrogens (tertiary/aromatic N) is 3. The number of guanidine groups is 1. The van der Waals surface area contributed by atoms with Crippen molar-refractivity contribution in [2.24, 2.45) is 10.9 Å². The summed E-state index contributed by atoms with van der Waals surface area (Å²) < 4.78 is 7.51. The molecular formula is C15H28IN5O. The molecule has 1 aliphatic carbocycles. The first-order valence-corrected chi connectivity index (χ1v) is 7.96. The Labute approximate surface area is 150 Å². The number of hydrogen-bond donors (Lipinski definition) is 2. The van der Waals surface area contributed by atoms with Crippen LogP contribution < -0.4 is 10.6 Å². The number of halogens is 1. The van der Waals surface area contributed by atoms with Gasteiger partial charge in [-0.1, -0.05) is 0 Å². The Bertz CT molecular complexity index is 406. The SMILES string of the molecule is CCNC(=NCCCOCC1CC1)NCCn1cccn1.I. The van der Waals surface area contributed by atoms with Gasteiger partial charge < -0.3 is 15.4 Å². The van der Waals surface area contributed by atoms with Crippen LogP contribution in [0.25, 0.3) is 0 Å². The summed E-state index contributed by atoms with van der Waals surface area (Å²) in [5.74, 6) is 1.71. The number of hydrogen-bond acceptors (Lipinski definition) is 3. The van der Waals surface area contributed by atoms with Crippen molar-refractivity contribution in [2.45, 2.75) is 32.7 Å². The molecule has 2 N–H and O–H groups in total. The Morgan fingerprint density at radius 3 is 2.95 bits per heavy atom. The zero-order valence-corrected chi connectivity index (χ0v) is 15.7. The Kier molecular flexibility index (Phi) is 10.2. The van der Waals surface area contributed by atoms with E-state index in [1.165, 1.54) is 12.8 Å². The molecule has 22 heavy (non-hydrogen) atoms. The minimum Gasteiger partial charge on any atom is -0.381 e. The first kappa shape index (κ1) is 19.2. The van der Waals surface area contributed by atoms with Gasteiger partial charge in [0, 0.05) is 45.2 Å².